The van der Waals surface area contributed by atoms with Gasteiger partial charge >= 0.3 is 0 Å². The second-order valence-corrected chi connectivity index (χ2v) is 4.09. The van der Waals surface area contributed by atoms with Gasteiger partial charge < -0.3 is 5.11 Å². The highest BCUT2D eigenvalue weighted by Crippen LogP contribution is 2.20. The number of carbonyl (C=O) groups excluding carboxylic acids is 1. The lowest BCUT2D eigenvalue weighted by atomic mass is 10.1. The number of Topliss-reactive ketones (excluding diaryl/α,β-unsaturated/α-hetero) is 1. The largest absolute Gasteiger partial charge is 0.388 e. The average molecular weight is 246 g/mol. The Morgan fingerprint density at radius 1 is 1.33 bits per heavy atom. The van der Waals surface area contributed by atoms with Crippen LogP contribution in [0.5, 0.6) is 0 Å². The Morgan fingerprint density at radius 3 is 2.50 bits per heavy atom. The molecule has 0 aromatic carbocycles. The third-order valence-electron chi connectivity index (χ3n) is 2.57. The summed E-state index contributed by atoms with van der Waals surface area (Å²) in [6.07, 6.45) is 1.54. The van der Waals surface area contributed by atoms with Gasteiger partial charge in [0.1, 0.15) is 12.3 Å². The van der Waals surface area contributed by atoms with Gasteiger partial charge in [0.2, 0.25) is 5.78 Å². The molecule has 1 N–H and O–H groups in total. The van der Waals surface area contributed by atoms with Crippen molar-refractivity contribution in [2.24, 2.45) is 7.05 Å². The number of carbonyl (C=O) groups is 1. The van der Waals surface area contributed by atoms with Crippen LogP contribution in [0.15, 0.2) is 12.3 Å². The molecule has 2 heterocycles. The highest BCUT2D eigenvalue weighted by atomic mass is 16.3. The maximum atomic E-state index is 11.7. The molecule has 0 saturated heterocycles. The molecule has 0 aliphatic heterocycles. The molecule has 0 spiro atoms. The summed E-state index contributed by atoms with van der Waals surface area (Å²) in [5.74, 6) is 0.0603. The zero-order valence-corrected chi connectivity index (χ0v) is 10.5. The van der Waals surface area contributed by atoms with Crippen molar-refractivity contribution in [3.63, 3.8) is 0 Å². The van der Waals surface area contributed by atoms with Gasteiger partial charge in [-0.25, -0.2) is 9.97 Å². The van der Waals surface area contributed by atoms with Gasteiger partial charge in [0, 0.05) is 18.4 Å². The lowest BCUT2D eigenvalue weighted by Gasteiger charge is -2.04. The summed E-state index contributed by atoms with van der Waals surface area (Å²) in [7, 11) is 1.65. The molecule has 0 aliphatic rings. The highest BCUT2D eigenvalue weighted by molar-refractivity contribution is 6.00. The molecule has 0 amide bonds. The third-order valence-corrected chi connectivity index (χ3v) is 2.57. The van der Waals surface area contributed by atoms with Gasteiger partial charge in [-0.15, -0.1) is 0 Å². The standard InChI is InChI=1S/C12H14N4O2/c1-7-4-8(2)15-12(14-7)9-5-13-16(3)11(9)10(18)6-17/h4-5,17H,6H2,1-3H3. The Hall–Kier alpha value is -2.08. The summed E-state index contributed by atoms with van der Waals surface area (Å²) in [6, 6.07) is 1.85. The molecule has 0 aliphatic carbocycles. The van der Waals surface area contributed by atoms with Crippen LogP contribution in [-0.4, -0.2) is 37.2 Å². The zero-order chi connectivity index (χ0) is 13.3. The van der Waals surface area contributed by atoms with Gasteiger partial charge in [0.15, 0.2) is 5.82 Å². The van der Waals surface area contributed by atoms with Crippen LogP contribution in [0, 0.1) is 13.8 Å². The second-order valence-electron chi connectivity index (χ2n) is 4.09. The molecule has 0 atom stereocenters. The van der Waals surface area contributed by atoms with Crippen LogP contribution in [0.2, 0.25) is 0 Å². The molecule has 2 aromatic heterocycles. The van der Waals surface area contributed by atoms with E-state index < -0.39 is 12.4 Å². The fourth-order valence-corrected chi connectivity index (χ4v) is 1.85. The number of hydrogen-bond donors (Lipinski definition) is 1. The van der Waals surface area contributed by atoms with Crippen LogP contribution in [0.1, 0.15) is 21.9 Å². The summed E-state index contributed by atoms with van der Waals surface area (Å²) in [6.45, 7) is 3.17. The molecular weight excluding hydrogens is 232 g/mol. The van der Waals surface area contributed by atoms with E-state index in [9.17, 15) is 4.79 Å². The first kappa shape index (κ1) is 12.4. The van der Waals surface area contributed by atoms with Crippen molar-refractivity contribution in [1.29, 1.82) is 0 Å². The summed E-state index contributed by atoms with van der Waals surface area (Å²) in [5.41, 5.74) is 2.51. The van der Waals surface area contributed by atoms with E-state index in [0.717, 1.165) is 11.4 Å². The van der Waals surface area contributed by atoms with E-state index in [1.54, 1.807) is 7.05 Å². The molecule has 0 radical (unpaired) electrons. The fraction of sp³-hybridized carbons (Fsp3) is 0.333. The molecular formula is C12H14N4O2. The summed E-state index contributed by atoms with van der Waals surface area (Å²) < 4.78 is 1.43. The number of rotatable bonds is 3. The third kappa shape index (κ3) is 2.14. The minimum Gasteiger partial charge on any atom is -0.388 e. The number of ketones is 1. The zero-order valence-electron chi connectivity index (χ0n) is 10.5. The Balaban J connectivity index is 2.61. The lowest BCUT2D eigenvalue weighted by molar-refractivity contribution is 0.0894. The lowest BCUT2D eigenvalue weighted by Crippen LogP contribution is -2.12. The van der Waals surface area contributed by atoms with Crippen LogP contribution >= 0.6 is 0 Å². The quantitative estimate of drug-likeness (QED) is 0.805. The van der Waals surface area contributed by atoms with Crippen molar-refractivity contribution in [2.75, 3.05) is 6.61 Å². The van der Waals surface area contributed by atoms with Crippen LogP contribution in [-0.2, 0) is 7.05 Å². The molecule has 0 bridgehead atoms. The van der Waals surface area contributed by atoms with E-state index in [-0.39, 0.29) is 0 Å². The first-order valence-corrected chi connectivity index (χ1v) is 5.51. The molecule has 0 saturated carbocycles. The van der Waals surface area contributed by atoms with Gasteiger partial charge in [-0.1, -0.05) is 0 Å². The minimum absolute atomic E-state index is 0.322. The Kier molecular flexibility index (Phi) is 3.20. The molecule has 0 fully saturated rings. The van der Waals surface area contributed by atoms with Gasteiger partial charge in [0.25, 0.3) is 0 Å². The van der Waals surface area contributed by atoms with E-state index in [1.165, 1.54) is 10.9 Å². The fourth-order valence-electron chi connectivity index (χ4n) is 1.85. The summed E-state index contributed by atoms with van der Waals surface area (Å²) in [4.78, 5) is 20.3. The molecule has 94 valence electrons. The second kappa shape index (κ2) is 4.66. The first-order chi connectivity index (χ1) is 8.52. The topological polar surface area (TPSA) is 80.9 Å². The Labute approximate surface area is 104 Å². The van der Waals surface area contributed by atoms with Crippen LogP contribution in [0.4, 0.5) is 0 Å². The predicted octanol–water partition coefficient (Wildman–Crippen LogP) is 0.669. The minimum atomic E-state index is -0.558. The predicted molar refractivity (Wildman–Crippen MR) is 65.1 cm³/mol. The van der Waals surface area contributed by atoms with E-state index in [2.05, 4.69) is 15.1 Å². The van der Waals surface area contributed by atoms with Gasteiger partial charge in [-0.2, -0.15) is 5.10 Å². The number of aliphatic hydroxyl groups is 1. The molecule has 6 heteroatoms. The summed E-state index contributed by atoms with van der Waals surface area (Å²) >= 11 is 0. The van der Waals surface area contributed by atoms with Crippen LogP contribution in [0.3, 0.4) is 0 Å². The van der Waals surface area contributed by atoms with Crippen molar-refractivity contribution in [1.82, 2.24) is 19.7 Å². The SMILES string of the molecule is Cc1cc(C)nc(-c2cnn(C)c2C(=O)CO)n1. The van der Waals surface area contributed by atoms with Crippen molar-refractivity contribution in [2.45, 2.75) is 13.8 Å². The molecule has 6 nitrogen and oxygen atoms in total. The number of nitrogens with zero attached hydrogens (tertiary/aromatic N) is 4. The van der Waals surface area contributed by atoms with Crippen molar-refractivity contribution < 1.29 is 9.90 Å². The number of aliphatic hydroxyl groups excluding tert-OH is 1. The first-order valence-electron chi connectivity index (χ1n) is 5.51. The molecule has 2 rings (SSSR count). The maximum Gasteiger partial charge on any atom is 0.206 e. The van der Waals surface area contributed by atoms with Gasteiger partial charge in [0.05, 0.1) is 11.8 Å². The Bertz CT molecular complexity index is 584. The van der Waals surface area contributed by atoms with E-state index in [0.29, 0.717) is 17.1 Å². The molecule has 2 aromatic rings. The average Bonchev–Trinajstić information content (AvgIpc) is 2.69. The smallest absolute Gasteiger partial charge is 0.206 e. The van der Waals surface area contributed by atoms with E-state index in [4.69, 9.17) is 5.11 Å². The normalized spacial score (nSPS) is 10.7. The summed E-state index contributed by atoms with van der Waals surface area (Å²) in [5, 5.41) is 13.0. The van der Waals surface area contributed by atoms with Crippen molar-refractivity contribution in [3.05, 3.63) is 29.3 Å². The van der Waals surface area contributed by atoms with Crippen molar-refractivity contribution >= 4 is 5.78 Å². The molecule has 18 heavy (non-hydrogen) atoms. The van der Waals surface area contributed by atoms with Gasteiger partial charge in [-0.05, 0) is 19.9 Å². The van der Waals surface area contributed by atoms with E-state index in [1.807, 2.05) is 19.9 Å². The van der Waals surface area contributed by atoms with Crippen LogP contribution < -0.4 is 0 Å². The maximum absolute atomic E-state index is 11.7. The molecule has 0 unspecified atom stereocenters. The monoisotopic (exact) mass is 246 g/mol. The van der Waals surface area contributed by atoms with Gasteiger partial charge in [-0.3, -0.25) is 9.48 Å². The Morgan fingerprint density at radius 2 is 1.94 bits per heavy atom. The highest BCUT2D eigenvalue weighted by Gasteiger charge is 2.19. The van der Waals surface area contributed by atoms with Crippen LogP contribution in [0.25, 0.3) is 11.4 Å². The number of aryl methyl sites for hydroxylation is 3. The van der Waals surface area contributed by atoms with Crippen molar-refractivity contribution in [3.8, 4) is 11.4 Å². The number of hydrogen-bond acceptors (Lipinski definition) is 5. The number of aromatic nitrogens is 4. The van der Waals surface area contributed by atoms with E-state index >= 15 is 0 Å².